The first kappa shape index (κ1) is 28.3. The van der Waals surface area contributed by atoms with Crippen LogP contribution >= 0.6 is 34.0 Å². The molecule has 2 N–H and O–H groups in total. The van der Waals surface area contributed by atoms with Gasteiger partial charge >= 0.3 is 0 Å². The Labute approximate surface area is 225 Å². The predicted octanol–water partition coefficient (Wildman–Crippen LogP) is 10.0. The quantitative estimate of drug-likeness (QED) is 0.303. The van der Waals surface area contributed by atoms with Crippen LogP contribution < -0.4 is 0 Å². The summed E-state index contributed by atoms with van der Waals surface area (Å²) >= 11 is 5.36. The van der Waals surface area contributed by atoms with Crippen molar-refractivity contribution < 1.29 is 10.2 Å². The maximum atomic E-state index is 10.9. The van der Waals surface area contributed by atoms with Gasteiger partial charge in [-0.1, -0.05) is 83.1 Å². The molecule has 0 unspecified atom stereocenters. The molecule has 0 aliphatic carbocycles. The maximum Gasteiger partial charge on any atom is 0.130 e. The molecular weight excluding hydrogens is 489 g/mol. The fraction of sp³-hybridized carbons (Fsp3) is 0.600. The van der Waals surface area contributed by atoms with Crippen molar-refractivity contribution in [2.45, 2.75) is 117 Å². The Kier molecular flexibility index (Phi) is 7.45. The van der Waals surface area contributed by atoms with Gasteiger partial charge in [0.1, 0.15) is 11.5 Å². The van der Waals surface area contributed by atoms with Crippen LogP contribution in [0.2, 0.25) is 0 Å². The molecule has 5 heteroatoms. The third-order valence-corrected chi connectivity index (χ3v) is 13.9. The van der Waals surface area contributed by atoms with Gasteiger partial charge in [-0.15, -0.1) is 34.0 Å². The van der Waals surface area contributed by atoms with E-state index >= 15 is 0 Å². The lowest BCUT2D eigenvalue weighted by molar-refractivity contribution is 0.302. The van der Waals surface area contributed by atoms with Crippen molar-refractivity contribution in [1.82, 2.24) is 0 Å². The zero-order chi connectivity index (χ0) is 26.7. The summed E-state index contributed by atoms with van der Waals surface area (Å²) in [6.07, 6.45) is 0. The molecule has 0 bridgehead atoms. The van der Waals surface area contributed by atoms with Crippen molar-refractivity contribution in [3.63, 3.8) is 0 Å². The molecule has 3 heterocycles. The lowest BCUT2D eigenvalue weighted by Crippen LogP contribution is -2.40. The van der Waals surface area contributed by atoms with Gasteiger partial charge in [0.05, 0.1) is 9.75 Å². The van der Waals surface area contributed by atoms with Gasteiger partial charge in [-0.05, 0) is 36.1 Å². The van der Waals surface area contributed by atoms with E-state index in [0.717, 1.165) is 9.75 Å². The molecule has 3 rings (SSSR count). The average molecular weight is 533 g/mol. The topological polar surface area (TPSA) is 40.5 Å². The van der Waals surface area contributed by atoms with Crippen LogP contribution in [0.15, 0.2) is 24.3 Å². The van der Waals surface area contributed by atoms with Crippen LogP contribution in [0, 0.1) is 0 Å². The predicted molar refractivity (Wildman–Crippen MR) is 157 cm³/mol. The Morgan fingerprint density at radius 1 is 0.543 bits per heavy atom. The molecular formula is C30H44O2S3. The van der Waals surface area contributed by atoms with E-state index in [4.69, 9.17) is 0 Å². The van der Waals surface area contributed by atoms with Crippen molar-refractivity contribution in [1.29, 1.82) is 0 Å². The van der Waals surface area contributed by atoms with Gasteiger partial charge in [0.25, 0.3) is 0 Å². The number of thiophene rings is 3. The Morgan fingerprint density at radius 2 is 0.857 bits per heavy atom. The highest BCUT2D eigenvalue weighted by Crippen LogP contribution is 2.55. The molecule has 0 spiro atoms. The molecule has 0 aromatic carbocycles. The Hall–Kier alpha value is -1.30. The van der Waals surface area contributed by atoms with Crippen molar-refractivity contribution in [3.05, 3.63) is 53.5 Å². The Balaban J connectivity index is 2.02. The van der Waals surface area contributed by atoms with E-state index in [0.29, 0.717) is 23.3 Å². The largest absolute Gasteiger partial charge is 0.507 e. The second-order valence-corrected chi connectivity index (χ2v) is 16.0. The van der Waals surface area contributed by atoms with Gasteiger partial charge in [0.15, 0.2) is 0 Å². The molecule has 0 fully saturated rings. The maximum absolute atomic E-state index is 10.9. The molecule has 0 radical (unpaired) electrons. The zero-order valence-electron chi connectivity index (χ0n) is 23.6. The van der Waals surface area contributed by atoms with E-state index in [1.54, 1.807) is 22.7 Å². The molecule has 0 atom stereocenters. The van der Waals surface area contributed by atoms with E-state index in [-0.39, 0.29) is 21.7 Å². The summed E-state index contributed by atoms with van der Waals surface area (Å²) in [4.78, 5) is 7.22. The molecule has 0 saturated carbocycles. The van der Waals surface area contributed by atoms with Crippen LogP contribution in [0.1, 0.15) is 124 Å². The van der Waals surface area contributed by atoms with Gasteiger partial charge in [-0.2, -0.15) is 0 Å². The normalized spacial score (nSPS) is 13.9. The highest BCUT2D eigenvalue weighted by atomic mass is 32.1. The van der Waals surface area contributed by atoms with Gasteiger partial charge in [-0.3, -0.25) is 0 Å². The van der Waals surface area contributed by atoms with Crippen molar-refractivity contribution >= 4 is 34.0 Å². The van der Waals surface area contributed by atoms with E-state index < -0.39 is 0 Å². The summed E-state index contributed by atoms with van der Waals surface area (Å²) in [6.45, 7) is 26.9. The highest BCUT2D eigenvalue weighted by Gasteiger charge is 2.47. The van der Waals surface area contributed by atoms with Crippen molar-refractivity contribution in [2.24, 2.45) is 0 Å². The van der Waals surface area contributed by atoms with Crippen molar-refractivity contribution in [3.8, 4) is 11.5 Å². The van der Waals surface area contributed by atoms with Crippen LogP contribution in [0.25, 0.3) is 0 Å². The molecule has 3 aromatic rings. The standard InChI is InChI=1S/C30H44O2S3/c1-17(2)21-15-19(31)25(33-21)29(9,10)27(5,6)23-13-14-24(35-23)28(7,8)30(11,12)26-20(32)16-22(34-26)18(3)4/h13-18,31-32H,1-12H3. The highest BCUT2D eigenvalue weighted by molar-refractivity contribution is 7.13. The summed E-state index contributed by atoms with van der Waals surface area (Å²) < 4.78 is 0. The zero-order valence-corrected chi connectivity index (χ0v) is 26.0. The molecule has 3 aromatic heterocycles. The summed E-state index contributed by atoms with van der Waals surface area (Å²) in [6, 6.07) is 8.46. The molecule has 0 saturated heterocycles. The summed E-state index contributed by atoms with van der Waals surface area (Å²) in [5.41, 5.74) is -0.838. The average Bonchev–Trinajstić information content (AvgIpc) is 3.45. The number of hydrogen-bond acceptors (Lipinski definition) is 5. The summed E-state index contributed by atoms with van der Waals surface area (Å²) in [7, 11) is 0. The third-order valence-electron chi connectivity index (χ3n) is 8.70. The first-order valence-electron chi connectivity index (χ1n) is 12.6. The van der Waals surface area contributed by atoms with Crippen LogP contribution in [-0.2, 0) is 21.7 Å². The van der Waals surface area contributed by atoms with E-state index in [9.17, 15) is 10.2 Å². The van der Waals surface area contributed by atoms with Gasteiger partial charge < -0.3 is 10.2 Å². The Morgan fingerprint density at radius 3 is 1.11 bits per heavy atom. The van der Waals surface area contributed by atoms with Crippen LogP contribution in [0.3, 0.4) is 0 Å². The number of aromatic hydroxyl groups is 2. The minimum absolute atomic E-state index is 0.178. The van der Waals surface area contributed by atoms with Gasteiger partial charge in [0.2, 0.25) is 0 Å². The van der Waals surface area contributed by atoms with Gasteiger partial charge in [-0.25, -0.2) is 0 Å². The number of rotatable bonds is 8. The van der Waals surface area contributed by atoms with Crippen LogP contribution in [0.4, 0.5) is 0 Å². The molecule has 0 aliphatic rings. The van der Waals surface area contributed by atoms with Crippen LogP contribution in [0.5, 0.6) is 11.5 Å². The molecule has 35 heavy (non-hydrogen) atoms. The second-order valence-electron chi connectivity index (χ2n) is 12.7. The van der Waals surface area contributed by atoms with Crippen molar-refractivity contribution in [2.75, 3.05) is 0 Å². The lowest BCUT2D eigenvalue weighted by Gasteiger charge is -2.42. The van der Waals surface area contributed by atoms with Crippen LogP contribution in [-0.4, -0.2) is 10.2 Å². The minimum atomic E-state index is -0.241. The fourth-order valence-corrected chi connectivity index (χ4v) is 8.62. The molecule has 194 valence electrons. The monoisotopic (exact) mass is 532 g/mol. The second kappa shape index (κ2) is 9.22. The molecule has 0 amide bonds. The third kappa shape index (κ3) is 4.62. The summed E-state index contributed by atoms with van der Waals surface area (Å²) in [5, 5.41) is 21.7. The smallest absolute Gasteiger partial charge is 0.130 e. The molecule has 2 nitrogen and oxygen atoms in total. The van der Waals surface area contributed by atoms with E-state index in [1.165, 1.54) is 19.5 Å². The Bertz CT molecular complexity index is 1090. The minimum Gasteiger partial charge on any atom is -0.507 e. The van der Waals surface area contributed by atoms with E-state index in [1.807, 2.05) is 23.5 Å². The first-order valence-corrected chi connectivity index (χ1v) is 15.1. The fourth-order valence-electron chi connectivity index (χ4n) is 4.46. The SMILES string of the molecule is CC(C)c1cc(O)c(C(C)(C)C(C)(C)c2ccc(C(C)(C)C(C)(C)c3sc(C(C)C)cc3O)s2)s1. The first-order chi connectivity index (χ1) is 15.9. The lowest BCUT2D eigenvalue weighted by atomic mass is 9.65. The van der Waals surface area contributed by atoms with Gasteiger partial charge in [0, 0.05) is 41.2 Å². The number of hydrogen-bond donors (Lipinski definition) is 2. The molecule has 0 aliphatic heterocycles. The summed E-state index contributed by atoms with van der Waals surface area (Å²) in [5.74, 6) is 1.65. The van der Waals surface area contributed by atoms with E-state index in [2.05, 4.69) is 95.2 Å².